The van der Waals surface area contributed by atoms with E-state index in [9.17, 15) is 17.6 Å². The number of aliphatic hydroxyl groups is 1. The van der Waals surface area contributed by atoms with Crippen molar-refractivity contribution in [2.24, 2.45) is 0 Å². The molecule has 11 heteroatoms. The maximum absolute atomic E-state index is 13.5. The average Bonchev–Trinajstić information content (AvgIpc) is 2.80. The van der Waals surface area contributed by atoms with Crippen LogP contribution in [-0.2, 0) is 10.0 Å². The Morgan fingerprint density at radius 1 is 1.44 bits per heavy atom. The molecule has 3 N–H and O–H groups in total. The monoisotopic (exact) mass is 397 g/mol. The highest BCUT2D eigenvalue weighted by molar-refractivity contribution is 7.92. The first-order valence-electron chi connectivity index (χ1n) is 7.75. The van der Waals surface area contributed by atoms with Crippen LogP contribution in [-0.4, -0.2) is 50.8 Å². The summed E-state index contributed by atoms with van der Waals surface area (Å²) in [5.41, 5.74) is -0.0291. The lowest BCUT2D eigenvalue weighted by Crippen LogP contribution is -2.39. The number of methoxy groups -OCH3 is 1. The first-order chi connectivity index (χ1) is 12.8. The van der Waals surface area contributed by atoms with E-state index in [0.29, 0.717) is 0 Å². The Morgan fingerprint density at radius 3 is 2.93 bits per heavy atom. The fourth-order valence-corrected chi connectivity index (χ4v) is 3.65. The summed E-state index contributed by atoms with van der Waals surface area (Å²) >= 11 is 0. The minimum Gasteiger partial charge on any atom is -0.495 e. The van der Waals surface area contributed by atoms with Gasteiger partial charge in [0.05, 0.1) is 31.6 Å². The van der Waals surface area contributed by atoms with Gasteiger partial charge in [-0.1, -0.05) is 0 Å². The minimum atomic E-state index is -4.21. The number of rotatable bonds is 5. The molecule has 0 spiro atoms. The largest absolute Gasteiger partial charge is 0.495 e. The van der Waals surface area contributed by atoms with Crippen molar-refractivity contribution in [2.75, 3.05) is 25.0 Å². The summed E-state index contributed by atoms with van der Waals surface area (Å²) in [6, 6.07) is 3.71. The van der Waals surface area contributed by atoms with E-state index in [2.05, 4.69) is 15.0 Å². The second kappa shape index (κ2) is 7.37. The Bertz CT molecular complexity index is 982. The van der Waals surface area contributed by atoms with E-state index in [1.54, 1.807) is 0 Å². The molecule has 1 aliphatic rings. The zero-order chi connectivity index (χ0) is 19.6. The molecule has 0 saturated heterocycles. The highest BCUT2D eigenvalue weighted by Crippen LogP contribution is 2.28. The standard InChI is InChI=1S/C16H16FN3O6S/c1-25-13-3-2-9(17)4-14(13)27(23,24)20-10-5-12-15(22)19-11(7-21)8-26-16(12)18-6-10/h2-6,11,20-21H,7-8H2,1H3,(H,19,22)/t11-/m0/s1. The lowest BCUT2D eigenvalue weighted by molar-refractivity contribution is 0.0914. The number of fused-ring (bicyclic) bond motifs is 1. The van der Waals surface area contributed by atoms with Crippen LogP contribution in [0.5, 0.6) is 11.6 Å². The summed E-state index contributed by atoms with van der Waals surface area (Å²) in [4.78, 5) is 15.8. The number of aliphatic hydroxyl groups excluding tert-OH is 1. The highest BCUT2D eigenvalue weighted by Gasteiger charge is 2.26. The average molecular weight is 397 g/mol. The van der Waals surface area contributed by atoms with Gasteiger partial charge >= 0.3 is 0 Å². The first-order valence-corrected chi connectivity index (χ1v) is 9.23. The van der Waals surface area contributed by atoms with Crippen molar-refractivity contribution in [1.82, 2.24) is 10.3 Å². The van der Waals surface area contributed by atoms with E-state index < -0.39 is 32.7 Å². The van der Waals surface area contributed by atoms with Crippen LogP contribution in [0.3, 0.4) is 0 Å². The number of anilines is 1. The highest BCUT2D eigenvalue weighted by atomic mass is 32.2. The van der Waals surface area contributed by atoms with Gasteiger partial charge in [-0.15, -0.1) is 0 Å². The van der Waals surface area contributed by atoms with Gasteiger partial charge in [-0.2, -0.15) is 0 Å². The number of carbonyl (C=O) groups excluding carboxylic acids is 1. The van der Waals surface area contributed by atoms with Gasteiger partial charge in [0.2, 0.25) is 5.88 Å². The Hall–Kier alpha value is -2.92. The van der Waals surface area contributed by atoms with Gasteiger partial charge in [0.1, 0.15) is 28.6 Å². The normalized spacial score (nSPS) is 16.6. The second-order valence-corrected chi connectivity index (χ2v) is 7.29. The third kappa shape index (κ3) is 3.93. The molecule has 0 radical (unpaired) electrons. The number of carbonyl (C=O) groups is 1. The van der Waals surface area contributed by atoms with Crippen molar-refractivity contribution in [3.8, 4) is 11.6 Å². The topological polar surface area (TPSA) is 127 Å². The lowest BCUT2D eigenvalue weighted by Gasteiger charge is -2.12. The van der Waals surface area contributed by atoms with Crippen LogP contribution in [0.2, 0.25) is 0 Å². The Morgan fingerprint density at radius 2 is 2.22 bits per heavy atom. The molecule has 0 unspecified atom stereocenters. The van der Waals surface area contributed by atoms with Crippen LogP contribution in [0.4, 0.5) is 10.1 Å². The quantitative estimate of drug-likeness (QED) is 0.671. The molecule has 0 saturated carbocycles. The maximum atomic E-state index is 13.5. The van der Waals surface area contributed by atoms with E-state index in [0.717, 1.165) is 18.3 Å². The molecule has 1 amide bonds. The molecule has 0 aliphatic carbocycles. The minimum absolute atomic E-state index is 0.00245. The third-order valence-electron chi connectivity index (χ3n) is 3.74. The Balaban J connectivity index is 1.93. The predicted molar refractivity (Wildman–Crippen MR) is 91.8 cm³/mol. The molecule has 1 aromatic carbocycles. The fraction of sp³-hybridized carbons (Fsp3) is 0.250. The summed E-state index contributed by atoms with van der Waals surface area (Å²) in [6.45, 7) is -0.299. The number of hydrogen-bond acceptors (Lipinski definition) is 7. The van der Waals surface area contributed by atoms with Gasteiger partial charge < -0.3 is 19.9 Å². The number of nitrogens with one attached hydrogen (secondary N) is 2. The van der Waals surface area contributed by atoms with Gasteiger partial charge in [0.15, 0.2) is 0 Å². The summed E-state index contributed by atoms with van der Waals surface area (Å²) in [5, 5.41) is 11.7. The molecule has 1 aromatic heterocycles. The summed E-state index contributed by atoms with van der Waals surface area (Å²) < 4.78 is 51.2. The Labute approximate surface area is 154 Å². The number of pyridine rings is 1. The van der Waals surface area contributed by atoms with E-state index in [-0.39, 0.29) is 36.1 Å². The van der Waals surface area contributed by atoms with Crippen LogP contribution < -0.4 is 19.5 Å². The molecule has 144 valence electrons. The number of hydrogen-bond donors (Lipinski definition) is 3. The molecule has 2 aromatic rings. The molecular weight excluding hydrogens is 381 g/mol. The summed E-state index contributed by atoms with van der Waals surface area (Å²) in [5.74, 6) is -1.36. The number of ether oxygens (including phenoxy) is 2. The smallest absolute Gasteiger partial charge is 0.265 e. The number of nitrogens with zero attached hydrogens (tertiary/aromatic N) is 1. The molecule has 1 aliphatic heterocycles. The van der Waals surface area contributed by atoms with Gasteiger partial charge in [-0.05, 0) is 24.3 Å². The number of amides is 1. The van der Waals surface area contributed by atoms with Crippen molar-refractivity contribution in [3.63, 3.8) is 0 Å². The predicted octanol–water partition coefficient (Wildman–Crippen LogP) is 0.513. The van der Waals surface area contributed by atoms with Crippen LogP contribution in [0.25, 0.3) is 0 Å². The van der Waals surface area contributed by atoms with E-state index >= 15 is 0 Å². The molecule has 9 nitrogen and oxygen atoms in total. The second-order valence-electron chi connectivity index (χ2n) is 5.64. The number of benzene rings is 1. The summed E-state index contributed by atoms with van der Waals surface area (Å²) in [6.07, 6.45) is 1.16. The van der Waals surface area contributed by atoms with Crippen molar-refractivity contribution < 1.29 is 32.2 Å². The fourth-order valence-electron chi connectivity index (χ4n) is 2.44. The molecule has 27 heavy (non-hydrogen) atoms. The van der Waals surface area contributed by atoms with E-state index in [1.807, 2.05) is 0 Å². The SMILES string of the molecule is COc1ccc(F)cc1S(=O)(=O)Nc1cnc2c(c1)C(=O)N[C@@H](CO)CO2. The Kier molecular flexibility index (Phi) is 5.15. The zero-order valence-corrected chi connectivity index (χ0v) is 14.9. The van der Waals surface area contributed by atoms with Gasteiger partial charge in [-0.3, -0.25) is 9.52 Å². The van der Waals surface area contributed by atoms with Crippen LogP contribution in [0, 0.1) is 5.82 Å². The first kappa shape index (κ1) is 18.9. The van der Waals surface area contributed by atoms with Crippen molar-refractivity contribution in [2.45, 2.75) is 10.9 Å². The van der Waals surface area contributed by atoms with Crippen LogP contribution in [0.15, 0.2) is 35.4 Å². The molecular formula is C16H16FN3O6S. The van der Waals surface area contributed by atoms with Crippen LogP contribution in [0.1, 0.15) is 10.4 Å². The van der Waals surface area contributed by atoms with Crippen LogP contribution >= 0.6 is 0 Å². The third-order valence-corrected chi connectivity index (χ3v) is 5.14. The van der Waals surface area contributed by atoms with Gasteiger partial charge in [-0.25, -0.2) is 17.8 Å². The number of sulfonamides is 1. The van der Waals surface area contributed by atoms with Crippen molar-refractivity contribution >= 4 is 21.6 Å². The maximum Gasteiger partial charge on any atom is 0.265 e. The molecule has 1 atom stereocenters. The molecule has 2 heterocycles. The number of aromatic nitrogens is 1. The van der Waals surface area contributed by atoms with Crippen molar-refractivity contribution in [3.05, 3.63) is 41.8 Å². The lowest BCUT2D eigenvalue weighted by atomic mass is 10.2. The summed E-state index contributed by atoms with van der Waals surface area (Å²) in [7, 11) is -2.96. The zero-order valence-electron chi connectivity index (χ0n) is 14.1. The van der Waals surface area contributed by atoms with Gasteiger partial charge in [0, 0.05) is 0 Å². The van der Waals surface area contributed by atoms with Crippen molar-refractivity contribution in [1.29, 1.82) is 0 Å². The van der Waals surface area contributed by atoms with Gasteiger partial charge in [0.25, 0.3) is 15.9 Å². The molecule has 0 fully saturated rings. The number of halogens is 1. The van der Waals surface area contributed by atoms with E-state index in [1.165, 1.54) is 19.2 Å². The molecule has 0 bridgehead atoms. The van der Waals surface area contributed by atoms with E-state index in [4.69, 9.17) is 14.6 Å². The molecule has 3 rings (SSSR count).